The van der Waals surface area contributed by atoms with Crippen LogP contribution in [0.25, 0.3) is 11.5 Å². The van der Waals surface area contributed by atoms with Crippen LogP contribution < -0.4 is 5.32 Å². The second-order valence-electron chi connectivity index (χ2n) is 4.76. The molecular formula is C16H14N4O2S. The van der Waals surface area contributed by atoms with Crippen LogP contribution in [0.4, 0.5) is 5.69 Å². The largest absolute Gasteiger partial charge is 0.411 e. The van der Waals surface area contributed by atoms with Gasteiger partial charge in [0.1, 0.15) is 0 Å². The van der Waals surface area contributed by atoms with Gasteiger partial charge >= 0.3 is 0 Å². The maximum atomic E-state index is 12.0. The zero-order valence-corrected chi connectivity index (χ0v) is 13.2. The summed E-state index contributed by atoms with van der Waals surface area (Å²) < 4.78 is 5.53. The van der Waals surface area contributed by atoms with Crippen LogP contribution in [0.5, 0.6) is 0 Å². The van der Waals surface area contributed by atoms with E-state index in [-0.39, 0.29) is 11.7 Å². The van der Waals surface area contributed by atoms with Gasteiger partial charge < -0.3 is 9.73 Å². The molecule has 0 saturated carbocycles. The zero-order valence-electron chi connectivity index (χ0n) is 12.4. The number of carbonyl (C=O) groups excluding carboxylic acids is 1. The average Bonchev–Trinajstić information content (AvgIpc) is 3.05. The second kappa shape index (κ2) is 7.06. The number of amides is 1. The standard InChI is InChI=1S/C16H14N4O2S/c1-11-4-2-3-5-13(11)18-14(21)10-23-16-20-19-15(22-16)12-6-8-17-9-7-12/h2-9H,10H2,1H3,(H,18,21). The van der Waals surface area contributed by atoms with Crippen molar-refractivity contribution >= 4 is 23.4 Å². The molecule has 0 aliphatic heterocycles. The second-order valence-corrected chi connectivity index (χ2v) is 5.69. The molecule has 0 bridgehead atoms. The predicted molar refractivity (Wildman–Crippen MR) is 88.1 cm³/mol. The molecule has 0 aliphatic carbocycles. The van der Waals surface area contributed by atoms with Crippen molar-refractivity contribution in [1.29, 1.82) is 0 Å². The number of thioether (sulfide) groups is 1. The molecule has 0 fully saturated rings. The predicted octanol–water partition coefficient (Wildman–Crippen LogP) is 3.17. The lowest BCUT2D eigenvalue weighted by atomic mass is 10.2. The maximum Gasteiger partial charge on any atom is 0.277 e. The summed E-state index contributed by atoms with van der Waals surface area (Å²) in [5.74, 6) is 0.494. The molecule has 0 atom stereocenters. The maximum absolute atomic E-state index is 12.0. The monoisotopic (exact) mass is 326 g/mol. The highest BCUT2D eigenvalue weighted by Crippen LogP contribution is 2.23. The first-order valence-corrected chi connectivity index (χ1v) is 7.93. The van der Waals surface area contributed by atoms with Crippen LogP contribution in [-0.2, 0) is 4.79 Å². The Kier molecular flexibility index (Phi) is 4.68. The van der Waals surface area contributed by atoms with E-state index in [2.05, 4.69) is 20.5 Å². The molecule has 23 heavy (non-hydrogen) atoms. The number of carbonyl (C=O) groups is 1. The summed E-state index contributed by atoms with van der Waals surface area (Å²) in [6, 6.07) is 11.2. The Bertz CT molecular complexity index is 805. The Hall–Kier alpha value is -2.67. The first kappa shape index (κ1) is 15.2. The van der Waals surface area contributed by atoms with Gasteiger partial charge in [-0.2, -0.15) is 0 Å². The van der Waals surface area contributed by atoms with Crippen molar-refractivity contribution in [3.05, 3.63) is 54.4 Å². The molecule has 116 valence electrons. The summed E-state index contributed by atoms with van der Waals surface area (Å²) >= 11 is 1.20. The molecule has 7 heteroatoms. The number of benzene rings is 1. The molecular weight excluding hydrogens is 312 g/mol. The molecule has 2 heterocycles. The number of nitrogens with one attached hydrogen (secondary N) is 1. The molecule has 3 rings (SSSR count). The molecule has 2 aromatic heterocycles. The number of anilines is 1. The van der Waals surface area contributed by atoms with Gasteiger partial charge in [0.05, 0.1) is 5.75 Å². The third-order valence-corrected chi connectivity index (χ3v) is 3.90. The summed E-state index contributed by atoms with van der Waals surface area (Å²) in [6.45, 7) is 1.95. The highest BCUT2D eigenvalue weighted by Gasteiger charge is 2.11. The number of nitrogens with zero attached hydrogens (tertiary/aromatic N) is 3. The van der Waals surface area contributed by atoms with E-state index in [0.717, 1.165) is 16.8 Å². The van der Waals surface area contributed by atoms with Gasteiger partial charge in [0.25, 0.3) is 5.22 Å². The van der Waals surface area contributed by atoms with Crippen LogP contribution in [-0.4, -0.2) is 26.8 Å². The number of pyridine rings is 1. The first-order chi connectivity index (χ1) is 11.2. The lowest BCUT2D eigenvalue weighted by Crippen LogP contribution is -2.14. The quantitative estimate of drug-likeness (QED) is 0.725. The topological polar surface area (TPSA) is 80.9 Å². The molecule has 1 N–H and O–H groups in total. The molecule has 0 aliphatic rings. The van der Waals surface area contributed by atoms with Gasteiger partial charge in [-0.15, -0.1) is 10.2 Å². The molecule has 6 nitrogen and oxygen atoms in total. The van der Waals surface area contributed by atoms with E-state index in [1.54, 1.807) is 24.5 Å². The van der Waals surface area contributed by atoms with Crippen molar-refractivity contribution in [2.45, 2.75) is 12.1 Å². The van der Waals surface area contributed by atoms with E-state index < -0.39 is 0 Å². The van der Waals surface area contributed by atoms with Gasteiger partial charge in [0, 0.05) is 23.6 Å². The number of aromatic nitrogens is 3. The van der Waals surface area contributed by atoms with Gasteiger partial charge in [-0.1, -0.05) is 30.0 Å². The fourth-order valence-corrected chi connectivity index (χ4v) is 2.47. The first-order valence-electron chi connectivity index (χ1n) is 6.94. The van der Waals surface area contributed by atoms with Gasteiger partial charge in [0.2, 0.25) is 11.8 Å². The summed E-state index contributed by atoms with van der Waals surface area (Å²) in [5, 5.41) is 11.1. The number of rotatable bonds is 5. The zero-order chi connectivity index (χ0) is 16.1. The van der Waals surface area contributed by atoms with Crippen molar-refractivity contribution < 1.29 is 9.21 Å². The van der Waals surface area contributed by atoms with Gasteiger partial charge in [-0.25, -0.2) is 0 Å². The van der Waals surface area contributed by atoms with Crippen molar-refractivity contribution in [2.75, 3.05) is 11.1 Å². The fourth-order valence-electron chi connectivity index (χ4n) is 1.91. The van der Waals surface area contributed by atoms with Crippen LogP contribution in [0.15, 0.2) is 58.4 Å². The normalized spacial score (nSPS) is 10.5. The van der Waals surface area contributed by atoms with Crippen LogP contribution >= 0.6 is 11.8 Å². The SMILES string of the molecule is Cc1ccccc1NC(=O)CSc1nnc(-c2ccncc2)o1. The van der Waals surface area contributed by atoms with E-state index in [9.17, 15) is 4.79 Å². The van der Waals surface area contributed by atoms with E-state index in [1.165, 1.54) is 11.8 Å². The van der Waals surface area contributed by atoms with Crippen molar-refractivity contribution in [3.63, 3.8) is 0 Å². The summed E-state index contributed by atoms with van der Waals surface area (Å²) in [6.07, 6.45) is 3.31. The number of para-hydroxylation sites is 1. The molecule has 0 saturated heterocycles. The van der Waals surface area contributed by atoms with Gasteiger partial charge in [-0.05, 0) is 30.7 Å². The summed E-state index contributed by atoms with van der Waals surface area (Å²) in [5.41, 5.74) is 2.62. The Morgan fingerprint density at radius 3 is 2.74 bits per heavy atom. The van der Waals surface area contributed by atoms with Crippen LogP contribution in [0.3, 0.4) is 0 Å². The van der Waals surface area contributed by atoms with E-state index >= 15 is 0 Å². The minimum absolute atomic E-state index is 0.118. The molecule has 1 aromatic carbocycles. The molecule has 0 radical (unpaired) electrons. The van der Waals surface area contributed by atoms with Crippen molar-refractivity contribution in [2.24, 2.45) is 0 Å². The van der Waals surface area contributed by atoms with E-state index in [4.69, 9.17) is 4.42 Å². The Morgan fingerprint density at radius 2 is 1.96 bits per heavy atom. The Balaban J connectivity index is 1.58. The van der Waals surface area contributed by atoms with Gasteiger partial charge in [-0.3, -0.25) is 9.78 Å². The average molecular weight is 326 g/mol. The Labute approximate surface area is 137 Å². The fraction of sp³-hybridized carbons (Fsp3) is 0.125. The molecule has 0 unspecified atom stereocenters. The summed E-state index contributed by atoms with van der Waals surface area (Å²) in [7, 11) is 0. The van der Waals surface area contributed by atoms with Crippen LogP contribution in [0, 0.1) is 6.92 Å². The number of hydrogen-bond acceptors (Lipinski definition) is 6. The Morgan fingerprint density at radius 1 is 1.17 bits per heavy atom. The smallest absolute Gasteiger partial charge is 0.277 e. The van der Waals surface area contributed by atoms with Crippen molar-refractivity contribution in [1.82, 2.24) is 15.2 Å². The molecule has 1 amide bonds. The minimum Gasteiger partial charge on any atom is -0.411 e. The highest BCUT2D eigenvalue weighted by atomic mass is 32.2. The van der Waals surface area contributed by atoms with E-state index in [0.29, 0.717) is 11.1 Å². The number of hydrogen-bond donors (Lipinski definition) is 1. The number of aryl methyl sites for hydroxylation is 1. The third-order valence-electron chi connectivity index (χ3n) is 3.08. The van der Waals surface area contributed by atoms with Crippen molar-refractivity contribution in [3.8, 4) is 11.5 Å². The molecule has 0 spiro atoms. The highest BCUT2D eigenvalue weighted by molar-refractivity contribution is 7.99. The minimum atomic E-state index is -0.118. The van der Waals surface area contributed by atoms with E-state index in [1.807, 2.05) is 31.2 Å². The summed E-state index contributed by atoms with van der Waals surface area (Å²) in [4.78, 5) is 15.9. The van der Waals surface area contributed by atoms with Crippen LogP contribution in [0.2, 0.25) is 0 Å². The third kappa shape index (κ3) is 3.95. The molecule has 3 aromatic rings. The lowest BCUT2D eigenvalue weighted by Gasteiger charge is -2.06. The van der Waals surface area contributed by atoms with Crippen LogP contribution in [0.1, 0.15) is 5.56 Å². The lowest BCUT2D eigenvalue weighted by molar-refractivity contribution is -0.113. The van der Waals surface area contributed by atoms with Gasteiger partial charge in [0.15, 0.2) is 0 Å².